The van der Waals surface area contributed by atoms with Gasteiger partial charge in [0, 0.05) is 17.6 Å². The molecule has 2 unspecified atom stereocenters. The van der Waals surface area contributed by atoms with E-state index in [1.165, 1.54) is 6.07 Å². The van der Waals surface area contributed by atoms with Crippen molar-refractivity contribution in [1.82, 2.24) is 4.72 Å². The molecule has 1 aliphatic carbocycles. The third-order valence-electron chi connectivity index (χ3n) is 3.53. The van der Waals surface area contributed by atoms with Crippen molar-refractivity contribution < 1.29 is 12.8 Å². The minimum absolute atomic E-state index is 0.0887. The highest BCUT2D eigenvalue weighted by atomic mass is 32.2. The first-order valence-electron chi connectivity index (χ1n) is 6.59. The number of hydrogen-bond donors (Lipinski definition) is 2. The molecule has 6 heteroatoms. The molecule has 110 valence electrons. The molecule has 2 aromatic carbocycles. The molecule has 0 spiro atoms. The molecule has 0 radical (unpaired) electrons. The second kappa shape index (κ2) is 5.13. The van der Waals surface area contributed by atoms with Gasteiger partial charge in [-0.05, 0) is 30.2 Å². The van der Waals surface area contributed by atoms with Crippen LogP contribution in [0.2, 0.25) is 0 Å². The van der Waals surface area contributed by atoms with Crippen LogP contribution in [0.1, 0.15) is 17.9 Å². The van der Waals surface area contributed by atoms with Crippen molar-refractivity contribution in [3.63, 3.8) is 0 Å². The molecule has 0 aliphatic heterocycles. The summed E-state index contributed by atoms with van der Waals surface area (Å²) in [5.74, 6) is -0.488. The SMILES string of the molecule is Nc1cc(F)cc(S(=O)(=O)NC2CC2c2ccccc2)c1. The second-order valence-corrected chi connectivity index (χ2v) is 6.91. The van der Waals surface area contributed by atoms with E-state index < -0.39 is 15.8 Å². The first-order valence-corrected chi connectivity index (χ1v) is 8.07. The van der Waals surface area contributed by atoms with Crippen LogP contribution in [0.5, 0.6) is 0 Å². The molecule has 4 nitrogen and oxygen atoms in total. The third kappa shape index (κ3) is 3.06. The van der Waals surface area contributed by atoms with Gasteiger partial charge < -0.3 is 5.73 Å². The fourth-order valence-corrected chi connectivity index (χ4v) is 3.75. The Morgan fingerprint density at radius 2 is 1.86 bits per heavy atom. The van der Waals surface area contributed by atoms with Crippen LogP contribution in [0.4, 0.5) is 10.1 Å². The van der Waals surface area contributed by atoms with E-state index >= 15 is 0 Å². The second-order valence-electron chi connectivity index (χ2n) is 5.20. The summed E-state index contributed by atoms with van der Waals surface area (Å²) >= 11 is 0. The van der Waals surface area contributed by atoms with Crippen LogP contribution >= 0.6 is 0 Å². The first kappa shape index (κ1) is 14.0. The Morgan fingerprint density at radius 1 is 1.14 bits per heavy atom. The van der Waals surface area contributed by atoms with Crippen molar-refractivity contribution in [3.8, 4) is 0 Å². The molecule has 3 rings (SSSR count). The summed E-state index contributed by atoms with van der Waals surface area (Å²) in [6.07, 6.45) is 0.744. The van der Waals surface area contributed by atoms with Crippen molar-refractivity contribution in [2.45, 2.75) is 23.3 Å². The van der Waals surface area contributed by atoms with Crippen LogP contribution in [-0.2, 0) is 10.0 Å². The number of rotatable bonds is 4. The lowest BCUT2D eigenvalue weighted by atomic mass is 10.1. The number of sulfonamides is 1. The summed E-state index contributed by atoms with van der Waals surface area (Å²) in [5, 5.41) is 0. The number of nitrogens with two attached hydrogens (primary N) is 1. The van der Waals surface area contributed by atoms with Gasteiger partial charge in [0.2, 0.25) is 10.0 Å². The number of nitrogen functional groups attached to an aromatic ring is 1. The molecule has 0 bridgehead atoms. The lowest BCUT2D eigenvalue weighted by Crippen LogP contribution is -2.27. The smallest absolute Gasteiger partial charge is 0.241 e. The van der Waals surface area contributed by atoms with Gasteiger partial charge >= 0.3 is 0 Å². The van der Waals surface area contributed by atoms with Crippen LogP contribution in [0.25, 0.3) is 0 Å². The highest BCUT2D eigenvalue weighted by Gasteiger charge is 2.41. The Morgan fingerprint density at radius 3 is 2.52 bits per heavy atom. The Labute approximate surface area is 122 Å². The van der Waals surface area contributed by atoms with Crippen molar-refractivity contribution in [2.75, 3.05) is 5.73 Å². The summed E-state index contributed by atoms with van der Waals surface area (Å²) in [7, 11) is -3.75. The average molecular weight is 306 g/mol. The molecule has 0 amide bonds. The summed E-state index contributed by atoms with van der Waals surface area (Å²) in [4.78, 5) is -0.140. The van der Waals surface area contributed by atoms with Gasteiger partial charge in [-0.15, -0.1) is 0 Å². The maximum absolute atomic E-state index is 13.3. The summed E-state index contributed by atoms with van der Waals surface area (Å²) < 4.78 is 40.3. The van der Waals surface area contributed by atoms with Gasteiger partial charge in [-0.2, -0.15) is 0 Å². The number of halogens is 1. The molecule has 2 aromatic rings. The number of benzene rings is 2. The normalized spacial score (nSPS) is 21.2. The number of anilines is 1. The topological polar surface area (TPSA) is 72.2 Å². The molecular weight excluding hydrogens is 291 g/mol. The van der Waals surface area contributed by atoms with Crippen LogP contribution in [0.3, 0.4) is 0 Å². The third-order valence-corrected chi connectivity index (χ3v) is 5.00. The van der Waals surface area contributed by atoms with Gasteiger partial charge in [0.15, 0.2) is 0 Å². The lowest BCUT2D eigenvalue weighted by molar-refractivity contribution is 0.576. The largest absolute Gasteiger partial charge is 0.399 e. The van der Waals surface area contributed by atoms with Gasteiger partial charge in [-0.25, -0.2) is 17.5 Å². The van der Waals surface area contributed by atoms with Crippen LogP contribution in [0, 0.1) is 5.82 Å². The summed E-state index contributed by atoms with van der Waals surface area (Å²) in [5.41, 5.74) is 6.68. The van der Waals surface area contributed by atoms with Gasteiger partial charge in [0.25, 0.3) is 0 Å². The van der Waals surface area contributed by atoms with Gasteiger partial charge in [0.05, 0.1) is 4.90 Å². The zero-order valence-electron chi connectivity index (χ0n) is 11.2. The van der Waals surface area contributed by atoms with E-state index in [2.05, 4.69) is 4.72 Å². The van der Waals surface area contributed by atoms with Gasteiger partial charge in [0.1, 0.15) is 5.82 Å². The minimum Gasteiger partial charge on any atom is -0.399 e. The standard InChI is InChI=1S/C15H15FN2O2S/c16-11-6-12(17)8-13(7-11)21(19,20)18-15-9-14(15)10-4-2-1-3-5-10/h1-8,14-15,18H,9,17H2. The molecular formula is C15H15FN2O2S. The zero-order valence-corrected chi connectivity index (χ0v) is 12.0. The summed E-state index contributed by atoms with van der Waals surface area (Å²) in [6.45, 7) is 0. The average Bonchev–Trinajstić information content (AvgIpc) is 3.17. The number of hydrogen-bond acceptors (Lipinski definition) is 3. The Balaban J connectivity index is 1.76. The van der Waals surface area contributed by atoms with Crippen LogP contribution in [-0.4, -0.2) is 14.5 Å². The van der Waals surface area contributed by atoms with Crippen LogP contribution in [0.15, 0.2) is 53.4 Å². The number of nitrogens with one attached hydrogen (secondary N) is 1. The summed E-state index contributed by atoms with van der Waals surface area (Å²) in [6, 6.07) is 12.9. The van der Waals surface area contributed by atoms with E-state index in [0.29, 0.717) is 0 Å². The minimum atomic E-state index is -3.75. The Hall–Kier alpha value is -1.92. The monoisotopic (exact) mass is 306 g/mol. The zero-order chi connectivity index (χ0) is 15.0. The van der Waals surface area contributed by atoms with Crippen molar-refractivity contribution in [1.29, 1.82) is 0 Å². The van der Waals surface area contributed by atoms with Crippen LogP contribution < -0.4 is 10.5 Å². The Kier molecular flexibility index (Phi) is 3.43. The molecule has 1 aliphatic rings. The molecule has 0 heterocycles. The van der Waals surface area contributed by atoms with Crippen molar-refractivity contribution in [3.05, 3.63) is 59.9 Å². The van der Waals surface area contributed by atoms with E-state index in [4.69, 9.17) is 5.73 Å². The van der Waals surface area contributed by atoms with Gasteiger partial charge in [-0.3, -0.25) is 0 Å². The predicted octanol–water partition coefficient (Wildman–Crippen LogP) is 2.24. The molecule has 21 heavy (non-hydrogen) atoms. The molecule has 0 aromatic heterocycles. The van der Waals surface area contributed by atoms with E-state index in [-0.39, 0.29) is 22.5 Å². The van der Waals surface area contributed by atoms with E-state index in [1.54, 1.807) is 0 Å². The fourth-order valence-electron chi connectivity index (χ4n) is 2.40. The van der Waals surface area contributed by atoms with Crippen molar-refractivity contribution in [2.24, 2.45) is 0 Å². The quantitative estimate of drug-likeness (QED) is 0.851. The lowest BCUT2D eigenvalue weighted by Gasteiger charge is -2.07. The molecule has 0 saturated heterocycles. The van der Waals surface area contributed by atoms with Crippen molar-refractivity contribution >= 4 is 15.7 Å². The molecule has 1 saturated carbocycles. The first-order chi connectivity index (χ1) is 9.95. The highest BCUT2D eigenvalue weighted by molar-refractivity contribution is 7.89. The fraction of sp³-hybridized carbons (Fsp3) is 0.200. The van der Waals surface area contributed by atoms with E-state index in [0.717, 1.165) is 24.1 Å². The van der Waals surface area contributed by atoms with Gasteiger partial charge in [-0.1, -0.05) is 30.3 Å². The molecule has 1 fully saturated rings. The predicted molar refractivity (Wildman–Crippen MR) is 78.7 cm³/mol. The van der Waals surface area contributed by atoms with E-state index in [9.17, 15) is 12.8 Å². The van der Waals surface area contributed by atoms with E-state index in [1.807, 2.05) is 30.3 Å². The Bertz CT molecular complexity index is 742. The maximum Gasteiger partial charge on any atom is 0.241 e. The molecule has 3 N–H and O–H groups in total. The highest BCUT2D eigenvalue weighted by Crippen LogP contribution is 2.41. The maximum atomic E-state index is 13.3. The molecule has 2 atom stereocenters.